The number of aliphatic hydroxyl groups excluding tert-OH is 1. The van der Waals surface area contributed by atoms with Crippen LogP contribution < -0.4 is 0 Å². The molecule has 0 amide bonds. The van der Waals surface area contributed by atoms with E-state index in [2.05, 4.69) is 4.98 Å². The van der Waals surface area contributed by atoms with Gasteiger partial charge in [0.15, 0.2) is 0 Å². The summed E-state index contributed by atoms with van der Waals surface area (Å²) in [5, 5.41) is 10.1. The van der Waals surface area contributed by atoms with Gasteiger partial charge in [-0.05, 0) is 36.8 Å². The van der Waals surface area contributed by atoms with E-state index in [1.54, 1.807) is 19.2 Å². The molecule has 2 rings (SSSR count). The summed E-state index contributed by atoms with van der Waals surface area (Å²) in [4.78, 5) is 5.01. The smallest absolute Gasteiger partial charge is 0.124 e. The van der Waals surface area contributed by atoms with E-state index < -0.39 is 6.10 Å². The summed E-state index contributed by atoms with van der Waals surface area (Å²) in [6.45, 7) is 1.69. The third-order valence-electron chi connectivity index (χ3n) is 2.26. The Bertz CT molecular complexity index is 499. The zero-order valence-corrected chi connectivity index (χ0v) is 10.1. The average Bonchev–Trinajstić information content (AvgIpc) is 2.29. The SMILES string of the molecule is C[C@@H](O)c1ccc(Sc2cccc(F)c2)nc1. The summed E-state index contributed by atoms with van der Waals surface area (Å²) in [5.41, 5.74) is 0.772. The molecule has 1 aromatic heterocycles. The molecule has 0 aliphatic carbocycles. The van der Waals surface area contributed by atoms with Crippen molar-refractivity contribution in [3.8, 4) is 0 Å². The number of hydrogen-bond donors (Lipinski definition) is 1. The minimum Gasteiger partial charge on any atom is -0.389 e. The van der Waals surface area contributed by atoms with Gasteiger partial charge in [-0.15, -0.1) is 0 Å². The lowest BCUT2D eigenvalue weighted by Gasteiger charge is -2.05. The van der Waals surface area contributed by atoms with Gasteiger partial charge < -0.3 is 5.11 Å². The van der Waals surface area contributed by atoms with Crippen molar-refractivity contribution >= 4 is 11.8 Å². The van der Waals surface area contributed by atoms with Gasteiger partial charge >= 0.3 is 0 Å². The van der Waals surface area contributed by atoms with E-state index in [0.717, 1.165) is 15.5 Å². The van der Waals surface area contributed by atoms with Gasteiger partial charge in [-0.1, -0.05) is 23.9 Å². The highest BCUT2D eigenvalue weighted by molar-refractivity contribution is 7.99. The molecule has 0 radical (unpaired) electrons. The highest BCUT2D eigenvalue weighted by atomic mass is 32.2. The van der Waals surface area contributed by atoms with Gasteiger partial charge in [0.25, 0.3) is 0 Å². The first kappa shape index (κ1) is 12.1. The maximum atomic E-state index is 13.0. The van der Waals surface area contributed by atoms with Crippen LogP contribution in [0.3, 0.4) is 0 Å². The molecule has 1 N–H and O–H groups in total. The number of nitrogens with zero attached hydrogens (tertiary/aromatic N) is 1. The van der Waals surface area contributed by atoms with Crippen LogP contribution in [0.25, 0.3) is 0 Å². The van der Waals surface area contributed by atoms with Gasteiger partial charge in [0.2, 0.25) is 0 Å². The molecule has 0 bridgehead atoms. The van der Waals surface area contributed by atoms with Gasteiger partial charge in [-0.25, -0.2) is 9.37 Å². The molecule has 0 spiro atoms. The van der Waals surface area contributed by atoms with Crippen LogP contribution in [0, 0.1) is 5.82 Å². The van der Waals surface area contributed by atoms with Crippen LogP contribution in [0.1, 0.15) is 18.6 Å². The topological polar surface area (TPSA) is 33.1 Å². The van der Waals surface area contributed by atoms with Gasteiger partial charge in [-0.3, -0.25) is 0 Å². The predicted octanol–water partition coefficient (Wildman–Crippen LogP) is 3.43. The normalized spacial score (nSPS) is 12.4. The van der Waals surface area contributed by atoms with E-state index in [1.165, 1.54) is 23.9 Å². The molecular formula is C13H12FNOS. The Labute approximate surface area is 104 Å². The number of aromatic nitrogens is 1. The second-order valence-corrected chi connectivity index (χ2v) is 4.76. The molecule has 0 aliphatic heterocycles. The molecule has 0 aliphatic rings. The quantitative estimate of drug-likeness (QED) is 0.904. The molecule has 2 nitrogen and oxygen atoms in total. The van der Waals surface area contributed by atoms with Crippen molar-refractivity contribution in [2.24, 2.45) is 0 Å². The van der Waals surface area contributed by atoms with Crippen LogP contribution in [0.5, 0.6) is 0 Å². The van der Waals surface area contributed by atoms with E-state index in [9.17, 15) is 9.50 Å². The molecular weight excluding hydrogens is 237 g/mol. The average molecular weight is 249 g/mol. The van der Waals surface area contributed by atoms with Crippen LogP contribution in [0.4, 0.5) is 4.39 Å². The molecule has 88 valence electrons. The first-order chi connectivity index (χ1) is 8.15. The lowest BCUT2D eigenvalue weighted by Crippen LogP contribution is -1.92. The van der Waals surface area contributed by atoms with Gasteiger partial charge in [0.05, 0.1) is 6.10 Å². The fourth-order valence-corrected chi connectivity index (χ4v) is 2.15. The number of halogens is 1. The molecule has 4 heteroatoms. The maximum Gasteiger partial charge on any atom is 0.124 e. The zero-order chi connectivity index (χ0) is 12.3. The molecule has 1 heterocycles. The Morgan fingerprint density at radius 3 is 2.71 bits per heavy atom. The molecule has 1 aromatic carbocycles. The summed E-state index contributed by atoms with van der Waals surface area (Å²) in [6, 6.07) is 10.0. The molecule has 0 saturated carbocycles. The van der Waals surface area contributed by atoms with Crippen LogP contribution in [0.2, 0.25) is 0 Å². The Hall–Kier alpha value is -1.39. The molecule has 0 fully saturated rings. The number of rotatable bonds is 3. The first-order valence-corrected chi connectivity index (χ1v) is 6.04. The van der Waals surface area contributed by atoms with E-state index in [0.29, 0.717) is 0 Å². The summed E-state index contributed by atoms with van der Waals surface area (Å²) < 4.78 is 13.0. The molecule has 17 heavy (non-hydrogen) atoms. The van der Waals surface area contributed by atoms with Crippen molar-refractivity contribution in [2.75, 3.05) is 0 Å². The Morgan fingerprint density at radius 2 is 2.12 bits per heavy atom. The molecule has 0 unspecified atom stereocenters. The first-order valence-electron chi connectivity index (χ1n) is 5.22. The van der Waals surface area contributed by atoms with Gasteiger partial charge in [0, 0.05) is 11.1 Å². The van der Waals surface area contributed by atoms with Crippen molar-refractivity contribution in [1.82, 2.24) is 4.98 Å². The molecule has 0 saturated heterocycles. The Morgan fingerprint density at radius 1 is 1.29 bits per heavy atom. The second-order valence-electron chi connectivity index (χ2n) is 3.67. The number of hydrogen-bond acceptors (Lipinski definition) is 3. The summed E-state index contributed by atoms with van der Waals surface area (Å²) >= 11 is 1.39. The standard InChI is InChI=1S/C13H12FNOS/c1-9(16)10-5-6-13(15-8-10)17-12-4-2-3-11(14)7-12/h2-9,16H,1H3/t9-/m1/s1. The van der Waals surface area contributed by atoms with Crippen molar-refractivity contribution in [2.45, 2.75) is 22.9 Å². The third kappa shape index (κ3) is 3.28. The number of benzene rings is 1. The third-order valence-corrected chi connectivity index (χ3v) is 3.20. The Balaban J connectivity index is 2.14. The number of aliphatic hydroxyl groups is 1. The summed E-state index contributed by atoms with van der Waals surface area (Å²) in [5.74, 6) is -0.254. The lowest BCUT2D eigenvalue weighted by molar-refractivity contribution is 0.198. The van der Waals surface area contributed by atoms with Crippen LogP contribution in [-0.4, -0.2) is 10.1 Å². The van der Waals surface area contributed by atoms with Crippen molar-refractivity contribution < 1.29 is 9.50 Å². The summed E-state index contributed by atoms with van der Waals surface area (Å²) in [6.07, 6.45) is 1.11. The van der Waals surface area contributed by atoms with Crippen LogP contribution in [0.15, 0.2) is 52.5 Å². The van der Waals surface area contributed by atoms with Gasteiger partial charge in [-0.2, -0.15) is 0 Å². The highest BCUT2D eigenvalue weighted by Crippen LogP contribution is 2.26. The fourth-order valence-electron chi connectivity index (χ4n) is 1.35. The summed E-state index contributed by atoms with van der Waals surface area (Å²) in [7, 11) is 0. The van der Waals surface area contributed by atoms with Crippen molar-refractivity contribution in [3.63, 3.8) is 0 Å². The highest BCUT2D eigenvalue weighted by Gasteiger charge is 2.03. The van der Waals surface area contributed by atoms with Crippen molar-refractivity contribution in [3.05, 3.63) is 54.0 Å². The van der Waals surface area contributed by atoms with E-state index in [4.69, 9.17) is 0 Å². The van der Waals surface area contributed by atoms with Gasteiger partial charge in [0.1, 0.15) is 10.8 Å². The van der Waals surface area contributed by atoms with Crippen molar-refractivity contribution in [1.29, 1.82) is 0 Å². The fraction of sp³-hybridized carbons (Fsp3) is 0.154. The predicted molar refractivity (Wildman–Crippen MR) is 65.4 cm³/mol. The second kappa shape index (κ2) is 5.29. The molecule has 1 atom stereocenters. The minimum atomic E-state index is -0.518. The largest absolute Gasteiger partial charge is 0.389 e. The maximum absolute atomic E-state index is 13.0. The zero-order valence-electron chi connectivity index (χ0n) is 9.30. The monoisotopic (exact) mass is 249 g/mol. The Kier molecular flexibility index (Phi) is 3.76. The molecule has 2 aromatic rings. The van der Waals surface area contributed by atoms with Crippen LogP contribution in [-0.2, 0) is 0 Å². The number of pyridine rings is 1. The van der Waals surface area contributed by atoms with E-state index >= 15 is 0 Å². The minimum absolute atomic E-state index is 0.254. The van der Waals surface area contributed by atoms with E-state index in [1.807, 2.05) is 18.2 Å². The lowest BCUT2D eigenvalue weighted by atomic mass is 10.2. The van der Waals surface area contributed by atoms with E-state index in [-0.39, 0.29) is 5.82 Å². The van der Waals surface area contributed by atoms with Crippen LogP contribution >= 0.6 is 11.8 Å².